The maximum atomic E-state index is 13.7. The fourth-order valence-electron chi connectivity index (χ4n) is 10.2. The molecule has 0 aromatic carbocycles. The Bertz CT molecular complexity index is 1620. The van der Waals surface area contributed by atoms with Gasteiger partial charge >= 0.3 is 11.9 Å². The largest absolute Gasteiger partial charge is 0.504 e. The number of aliphatic hydroxyl groups is 1. The number of aromatic nitrogens is 2. The van der Waals surface area contributed by atoms with E-state index in [1.807, 2.05) is 6.92 Å². The summed E-state index contributed by atoms with van der Waals surface area (Å²) in [5, 5.41) is 21.5. The lowest BCUT2D eigenvalue weighted by Crippen LogP contribution is -2.62. The molecular formula is C37H49N3O6. The van der Waals surface area contributed by atoms with Crippen molar-refractivity contribution in [3.05, 3.63) is 68.8 Å². The van der Waals surface area contributed by atoms with Gasteiger partial charge in [-0.2, -0.15) is 0 Å². The Morgan fingerprint density at radius 3 is 2.54 bits per heavy atom. The molecule has 0 unspecified atom stereocenters. The summed E-state index contributed by atoms with van der Waals surface area (Å²) in [5.41, 5.74) is 3.29. The van der Waals surface area contributed by atoms with E-state index in [0.717, 1.165) is 68.9 Å². The number of aryl methyl sites for hydroxylation is 1. The molecule has 3 saturated carbocycles. The van der Waals surface area contributed by atoms with Crippen molar-refractivity contribution in [1.82, 2.24) is 9.55 Å². The van der Waals surface area contributed by atoms with Gasteiger partial charge in [0.1, 0.15) is 12.4 Å². The van der Waals surface area contributed by atoms with Crippen molar-refractivity contribution in [1.29, 1.82) is 0 Å². The summed E-state index contributed by atoms with van der Waals surface area (Å²) in [6, 6.07) is 0. The first kappa shape index (κ1) is 32.5. The van der Waals surface area contributed by atoms with Gasteiger partial charge in [-0.25, -0.2) is 4.57 Å². The number of carbonyl (C=O) groups excluding carboxylic acids is 2. The molecule has 46 heavy (non-hydrogen) atoms. The Balaban J connectivity index is 1.16. The lowest BCUT2D eigenvalue weighted by atomic mass is 9.34. The number of imidazole rings is 1. The molecule has 5 aliphatic carbocycles. The zero-order chi connectivity index (χ0) is 33.3. The first-order chi connectivity index (χ1) is 21.6. The summed E-state index contributed by atoms with van der Waals surface area (Å²) in [6.07, 6.45) is 18.2. The van der Waals surface area contributed by atoms with Crippen LogP contribution in [0, 0.1) is 43.1 Å². The van der Waals surface area contributed by atoms with Gasteiger partial charge in [0.15, 0.2) is 5.76 Å². The molecule has 0 aliphatic heterocycles. The van der Waals surface area contributed by atoms with Crippen LogP contribution in [0.15, 0.2) is 58.7 Å². The second kappa shape index (κ2) is 11.1. The SMILES string of the molecule is CC1=C(O)C(=O)C=C2C1=CC=C1[C@@]2(C)CC[C@@]2(C)[C@@H]3C[C@](C)(C(=O)OCCCCCn4ccnc4[N+](=O)[O-])CC[C@]3(C)CC[C@]12C. The van der Waals surface area contributed by atoms with Gasteiger partial charge < -0.3 is 20.0 Å². The van der Waals surface area contributed by atoms with Crippen molar-refractivity contribution in [2.75, 3.05) is 6.61 Å². The highest BCUT2D eigenvalue weighted by molar-refractivity contribution is 6.06. The Labute approximate surface area is 272 Å². The second-order valence-corrected chi connectivity index (χ2v) is 16.0. The van der Waals surface area contributed by atoms with Crippen LogP contribution in [-0.4, -0.2) is 37.9 Å². The van der Waals surface area contributed by atoms with Gasteiger partial charge in [0.2, 0.25) is 5.78 Å². The molecule has 1 N–H and O–H groups in total. The van der Waals surface area contributed by atoms with Crippen LogP contribution in [0.25, 0.3) is 0 Å². The average Bonchev–Trinajstić information content (AvgIpc) is 3.49. The zero-order valence-electron chi connectivity index (χ0n) is 28.3. The number of aliphatic hydroxyl groups excluding tert-OH is 1. The molecule has 1 aromatic rings. The molecule has 9 heteroatoms. The van der Waals surface area contributed by atoms with Crippen LogP contribution in [-0.2, 0) is 20.9 Å². The minimum Gasteiger partial charge on any atom is -0.504 e. The molecule has 0 bridgehead atoms. The Kier molecular flexibility index (Phi) is 7.80. The predicted octanol–water partition coefficient (Wildman–Crippen LogP) is 8.13. The first-order valence-electron chi connectivity index (χ1n) is 17.0. The van der Waals surface area contributed by atoms with E-state index >= 15 is 0 Å². The molecule has 1 aromatic heterocycles. The standard InChI is InChI=1S/C37H49N3O6/c1-24-25-10-11-28-35(4,26(25)22-27(41)30(24)42)15-17-37(6)29-23-34(3,13-12-33(29,2)14-16-36(28,37)5)31(43)46-21-9-7-8-19-39-20-18-38-32(39)40(44)45/h10-11,18,20,22,29,42H,7-9,12-17,19,21,23H2,1-6H3/t29-,33-,34-,35+,36-,37+/m1/s1. The maximum absolute atomic E-state index is 13.7. The normalized spacial score (nSPS) is 36.8. The van der Waals surface area contributed by atoms with Gasteiger partial charge in [-0.1, -0.05) is 50.4 Å². The van der Waals surface area contributed by atoms with Crippen LogP contribution in [0.2, 0.25) is 0 Å². The van der Waals surface area contributed by atoms with Crippen molar-refractivity contribution in [2.24, 2.45) is 33.0 Å². The van der Waals surface area contributed by atoms with Crippen LogP contribution in [0.5, 0.6) is 0 Å². The maximum Gasteiger partial charge on any atom is 0.434 e. The molecule has 5 aliphatic rings. The zero-order valence-corrected chi connectivity index (χ0v) is 28.3. The third-order valence-corrected chi connectivity index (χ3v) is 13.5. The Morgan fingerprint density at radius 1 is 1.07 bits per heavy atom. The highest BCUT2D eigenvalue weighted by Crippen LogP contribution is 2.75. The van der Waals surface area contributed by atoms with E-state index in [4.69, 9.17) is 4.74 Å². The summed E-state index contributed by atoms with van der Waals surface area (Å²) < 4.78 is 7.48. The number of carbonyl (C=O) groups is 2. The third kappa shape index (κ3) is 4.74. The topological polar surface area (TPSA) is 125 Å². The van der Waals surface area contributed by atoms with Gasteiger partial charge in [0, 0.05) is 11.0 Å². The molecule has 0 amide bonds. The molecule has 9 nitrogen and oxygen atoms in total. The van der Waals surface area contributed by atoms with Gasteiger partial charge in [0.25, 0.3) is 0 Å². The third-order valence-electron chi connectivity index (χ3n) is 13.5. The number of unbranched alkanes of at least 4 members (excludes halogenated alkanes) is 2. The number of esters is 1. The van der Waals surface area contributed by atoms with Crippen LogP contribution < -0.4 is 0 Å². The lowest BCUT2D eigenvalue weighted by Gasteiger charge is -2.70. The molecule has 0 spiro atoms. The summed E-state index contributed by atoms with van der Waals surface area (Å²) in [4.78, 5) is 40.9. The number of ketones is 1. The van der Waals surface area contributed by atoms with E-state index in [-0.39, 0.29) is 45.1 Å². The van der Waals surface area contributed by atoms with E-state index in [2.05, 4.69) is 51.8 Å². The molecule has 0 saturated heterocycles. The molecule has 6 atom stereocenters. The van der Waals surface area contributed by atoms with Crippen LogP contribution >= 0.6 is 0 Å². The monoisotopic (exact) mass is 631 g/mol. The number of fused-ring (bicyclic) bond motifs is 7. The Morgan fingerprint density at radius 2 is 1.80 bits per heavy atom. The van der Waals surface area contributed by atoms with Crippen LogP contribution in [0.1, 0.15) is 106 Å². The van der Waals surface area contributed by atoms with Crippen LogP contribution in [0.3, 0.4) is 0 Å². The van der Waals surface area contributed by atoms with Gasteiger partial charge in [-0.3, -0.25) is 9.59 Å². The fourth-order valence-corrected chi connectivity index (χ4v) is 10.2. The van der Waals surface area contributed by atoms with Crippen molar-refractivity contribution >= 4 is 17.7 Å². The molecule has 1 heterocycles. The summed E-state index contributed by atoms with van der Waals surface area (Å²) in [7, 11) is 0. The first-order valence-corrected chi connectivity index (χ1v) is 17.0. The lowest BCUT2D eigenvalue weighted by molar-refractivity contribution is -0.396. The molecule has 3 fully saturated rings. The molecular weight excluding hydrogens is 582 g/mol. The minimum atomic E-state index is -0.546. The smallest absolute Gasteiger partial charge is 0.434 e. The number of allylic oxidation sites excluding steroid dienone is 7. The van der Waals surface area contributed by atoms with Crippen molar-refractivity contribution in [2.45, 2.75) is 112 Å². The van der Waals surface area contributed by atoms with E-state index in [1.165, 1.54) is 11.8 Å². The number of hydrogen-bond donors (Lipinski definition) is 1. The van der Waals surface area contributed by atoms with E-state index < -0.39 is 10.3 Å². The van der Waals surface area contributed by atoms with E-state index in [9.17, 15) is 24.8 Å². The number of ether oxygens (including phenoxy) is 1. The average molecular weight is 632 g/mol. The molecule has 6 rings (SSSR count). The summed E-state index contributed by atoms with van der Waals surface area (Å²) >= 11 is 0. The molecule has 248 valence electrons. The molecule has 0 radical (unpaired) electrons. The summed E-state index contributed by atoms with van der Waals surface area (Å²) in [6.45, 7) is 14.4. The van der Waals surface area contributed by atoms with Crippen LogP contribution in [0.4, 0.5) is 5.95 Å². The van der Waals surface area contributed by atoms with Gasteiger partial charge in [0.05, 0.1) is 18.6 Å². The Hall–Kier alpha value is -3.49. The summed E-state index contributed by atoms with van der Waals surface area (Å²) in [5.74, 6) is -0.350. The number of hydrogen-bond acceptors (Lipinski definition) is 7. The minimum absolute atomic E-state index is 0.0269. The van der Waals surface area contributed by atoms with E-state index in [0.29, 0.717) is 31.1 Å². The van der Waals surface area contributed by atoms with E-state index in [1.54, 1.807) is 16.8 Å². The van der Waals surface area contributed by atoms with Crippen molar-refractivity contribution < 1.29 is 24.4 Å². The van der Waals surface area contributed by atoms with Gasteiger partial charge in [-0.15, -0.1) is 0 Å². The number of nitrogens with zero attached hydrogens (tertiary/aromatic N) is 3. The van der Waals surface area contributed by atoms with Gasteiger partial charge in [-0.05, 0) is 122 Å². The van der Waals surface area contributed by atoms with Crippen molar-refractivity contribution in [3.8, 4) is 0 Å². The highest BCUT2D eigenvalue weighted by Gasteiger charge is 2.67. The quantitative estimate of drug-likeness (QED) is 0.133. The number of nitro groups is 1. The van der Waals surface area contributed by atoms with Crippen molar-refractivity contribution in [3.63, 3.8) is 0 Å². The number of rotatable bonds is 8. The fraction of sp³-hybridized carbons (Fsp3) is 0.649. The second-order valence-electron chi connectivity index (χ2n) is 16.0. The highest BCUT2D eigenvalue weighted by atomic mass is 16.6. The predicted molar refractivity (Wildman–Crippen MR) is 175 cm³/mol.